The fraction of sp³-hybridized carbons (Fsp3) is 0.933. The van der Waals surface area contributed by atoms with E-state index >= 15 is 0 Å². The van der Waals surface area contributed by atoms with E-state index in [0.717, 1.165) is 44.7 Å². The predicted molar refractivity (Wildman–Crippen MR) is 74.4 cm³/mol. The van der Waals surface area contributed by atoms with Crippen LogP contribution in [0.5, 0.6) is 0 Å². The largest absolute Gasteiger partial charge is 0.353 e. The van der Waals surface area contributed by atoms with E-state index in [4.69, 9.17) is 0 Å². The normalized spacial score (nSPS) is 29.9. The lowest BCUT2D eigenvalue weighted by Gasteiger charge is -2.37. The zero-order valence-electron chi connectivity index (χ0n) is 11.9. The Kier molecular flexibility index (Phi) is 4.66. The molecule has 0 radical (unpaired) electrons. The van der Waals surface area contributed by atoms with Crippen molar-refractivity contribution < 1.29 is 4.79 Å². The van der Waals surface area contributed by atoms with Gasteiger partial charge in [0.2, 0.25) is 5.91 Å². The molecule has 1 amide bonds. The molecule has 18 heavy (non-hydrogen) atoms. The number of piperidine rings is 1. The average Bonchev–Trinajstić information content (AvgIpc) is 3.14. The highest BCUT2D eigenvalue weighted by molar-refractivity contribution is 5.83. The summed E-state index contributed by atoms with van der Waals surface area (Å²) in [5.41, 5.74) is -0.134. The van der Waals surface area contributed by atoms with Crippen LogP contribution in [-0.4, -0.2) is 25.0 Å². The lowest BCUT2D eigenvalue weighted by Crippen LogP contribution is -2.52. The van der Waals surface area contributed by atoms with E-state index in [0.29, 0.717) is 11.9 Å². The van der Waals surface area contributed by atoms with Crippen molar-refractivity contribution in [2.75, 3.05) is 13.1 Å². The quantitative estimate of drug-likeness (QED) is 0.762. The Morgan fingerprint density at radius 3 is 2.83 bits per heavy atom. The number of rotatable bonds is 6. The van der Waals surface area contributed by atoms with Gasteiger partial charge in [0.05, 0.1) is 5.41 Å². The highest BCUT2D eigenvalue weighted by Crippen LogP contribution is 2.35. The maximum absolute atomic E-state index is 12.6. The third kappa shape index (κ3) is 3.47. The molecule has 3 heteroatoms. The van der Waals surface area contributed by atoms with Crippen molar-refractivity contribution in [1.29, 1.82) is 0 Å². The molecule has 2 fully saturated rings. The molecule has 0 aromatic carbocycles. The Bertz CT molecular complexity index is 275. The standard InChI is InChI=1S/C15H28N2O/c1-3-7-15(8-4-9-16-11-15)14(18)17-12(2)10-13-5-6-13/h12-13,16H,3-11H2,1-2H3,(H,17,18). The molecule has 1 heterocycles. The third-order valence-corrected chi connectivity index (χ3v) is 4.44. The minimum Gasteiger partial charge on any atom is -0.353 e. The van der Waals surface area contributed by atoms with Gasteiger partial charge in [0, 0.05) is 12.6 Å². The Hall–Kier alpha value is -0.570. The van der Waals surface area contributed by atoms with Gasteiger partial charge < -0.3 is 10.6 Å². The van der Waals surface area contributed by atoms with Crippen LogP contribution in [0.2, 0.25) is 0 Å². The molecule has 0 aromatic rings. The number of carbonyl (C=O) groups is 1. The summed E-state index contributed by atoms with van der Waals surface area (Å²) < 4.78 is 0. The van der Waals surface area contributed by atoms with Gasteiger partial charge in [-0.2, -0.15) is 0 Å². The SMILES string of the molecule is CCCC1(C(=O)NC(C)CC2CC2)CCCNC1. The molecule has 1 saturated heterocycles. The Balaban J connectivity index is 1.89. The van der Waals surface area contributed by atoms with Gasteiger partial charge in [-0.1, -0.05) is 26.2 Å². The summed E-state index contributed by atoms with van der Waals surface area (Å²) >= 11 is 0. The zero-order chi connectivity index (χ0) is 13.0. The summed E-state index contributed by atoms with van der Waals surface area (Å²) in [5, 5.41) is 6.67. The van der Waals surface area contributed by atoms with E-state index < -0.39 is 0 Å². The zero-order valence-corrected chi connectivity index (χ0v) is 11.9. The fourth-order valence-corrected chi connectivity index (χ4v) is 3.26. The van der Waals surface area contributed by atoms with Crippen LogP contribution in [0.25, 0.3) is 0 Å². The van der Waals surface area contributed by atoms with Crippen LogP contribution in [-0.2, 0) is 4.79 Å². The molecule has 3 nitrogen and oxygen atoms in total. The Morgan fingerprint density at radius 1 is 1.50 bits per heavy atom. The van der Waals surface area contributed by atoms with Gasteiger partial charge in [-0.3, -0.25) is 4.79 Å². The van der Waals surface area contributed by atoms with E-state index in [-0.39, 0.29) is 5.41 Å². The first-order valence-corrected chi connectivity index (χ1v) is 7.68. The lowest BCUT2D eigenvalue weighted by atomic mass is 9.76. The second-order valence-electron chi connectivity index (χ2n) is 6.36. The van der Waals surface area contributed by atoms with E-state index in [1.165, 1.54) is 19.3 Å². The molecule has 1 aliphatic heterocycles. The number of nitrogens with one attached hydrogen (secondary N) is 2. The lowest BCUT2D eigenvalue weighted by molar-refractivity contribution is -0.133. The molecule has 0 bridgehead atoms. The molecule has 2 N–H and O–H groups in total. The molecule has 0 spiro atoms. The van der Waals surface area contributed by atoms with Crippen LogP contribution in [0.3, 0.4) is 0 Å². The molecular weight excluding hydrogens is 224 g/mol. The smallest absolute Gasteiger partial charge is 0.227 e. The molecule has 1 aliphatic carbocycles. The van der Waals surface area contributed by atoms with E-state index in [1.54, 1.807) is 0 Å². The third-order valence-electron chi connectivity index (χ3n) is 4.44. The van der Waals surface area contributed by atoms with Crippen LogP contribution in [0, 0.1) is 11.3 Å². The van der Waals surface area contributed by atoms with Gasteiger partial charge in [0.15, 0.2) is 0 Å². The second kappa shape index (κ2) is 6.05. The molecule has 2 atom stereocenters. The van der Waals surface area contributed by atoms with Crippen molar-refractivity contribution in [3.8, 4) is 0 Å². The summed E-state index contributed by atoms with van der Waals surface area (Å²) in [4.78, 5) is 12.6. The summed E-state index contributed by atoms with van der Waals surface area (Å²) in [7, 11) is 0. The molecule has 2 unspecified atom stereocenters. The van der Waals surface area contributed by atoms with Crippen molar-refractivity contribution in [1.82, 2.24) is 10.6 Å². The van der Waals surface area contributed by atoms with Gasteiger partial charge >= 0.3 is 0 Å². The monoisotopic (exact) mass is 252 g/mol. The first-order valence-electron chi connectivity index (χ1n) is 7.68. The summed E-state index contributed by atoms with van der Waals surface area (Å²) in [6.07, 6.45) is 8.18. The highest BCUT2D eigenvalue weighted by Gasteiger charge is 2.39. The Labute approximate surface area is 111 Å². The highest BCUT2D eigenvalue weighted by atomic mass is 16.2. The number of hydrogen-bond acceptors (Lipinski definition) is 2. The van der Waals surface area contributed by atoms with E-state index in [9.17, 15) is 4.79 Å². The second-order valence-corrected chi connectivity index (χ2v) is 6.36. The Morgan fingerprint density at radius 2 is 2.28 bits per heavy atom. The van der Waals surface area contributed by atoms with Crippen molar-refractivity contribution >= 4 is 5.91 Å². The number of amides is 1. The summed E-state index contributed by atoms with van der Waals surface area (Å²) in [6.45, 7) is 6.27. The van der Waals surface area contributed by atoms with Crippen LogP contribution in [0.1, 0.15) is 58.8 Å². The summed E-state index contributed by atoms with van der Waals surface area (Å²) in [5.74, 6) is 1.18. The van der Waals surface area contributed by atoms with Gasteiger partial charge in [-0.25, -0.2) is 0 Å². The van der Waals surface area contributed by atoms with Crippen molar-refractivity contribution in [3.63, 3.8) is 0 Å². The van der Waals surface area contributed by atoms with Crippen LogP contribution >= 0.6 is 0 Å². The predicted octanol–water partition coefficient (Wildman–Crippen LogP) is 2.46. The molecule has 1 saturated carbocycles. The molecular formula is C15H28N2O. The first kappa shape index (κ1) is 13.9. The molecule has 104 valence electrons. The number of carbonyl (C=O) groups excluding carboxylic acids is 1. The van der Waals surface area contributed by atoms with Gasteiger partial charge in [-0.15, -0.1) is 0 Å². The minimum absolute atomic E-state index is 0.134. The van der Waals surface area contributed by atoms with Crippen molar-refractivity contribution in [3.05, 3.63) is 0 Å². The van der Waals surface area contributed by atoms with Crippen molar-refractivity contribution in [2.45, 2.75) is 64.8 Å². The fourth-order valence-electron chi connectivity index (χ4n) is 3.26. The topological polar surface area (TPSA) is 41.1 Å². The van der Waals surface area contributed by atoms with Crippen LogP contribution in [0.4, 0.5) is 0 Å². The van der Waals surface area contributed by atoms with Crippen LogP contribution < -0.4 is 10.6 Å². The minimum atomic E-state index is -0.134. The van der Waals surface area contributed by atoms with E-state index in [1.807, 2.05) is 0 Å². The average molecular weight is 252 g/mol. The van der Waals surface area contributed by atoms with Gasteiger partial charge in [0.1, 0.15) is 0 Å². The van der Waals surface area contributed by atoms with Gasteiger partial charge in [-0.05, 0) is 45.1 Å². The summed E-state index contributed by atoms with van der Waals surface area (Å²) in [6, 6.07) is 0.348. The molecule has 0 aromatic heterocycles. The molecule has 2 rings (SSSR count). The van der Waals surface area contributed by atoms with Crippen molar-refractivity contribution in [2.24, 2.45) is 11.3 Å². The number of hydrogen-bond donors (Lipinski definition) is 2. The first-order chi connectivity index (χ1) is 8.66. The maximum atomic E-state index is 12.6. The van der Waals surface area contributed by atoms with Gasteiger partial charge in [0.25, 0.3) is 0 Å². The molecule has 2 aliphatic rings. The van der Waals surface area contributed by atoms with E-state index in [2.05, 4.69) is 24.5 Å². The maximum Gasteiger partial charge on any atom is 0.227 e. The van der Waals surface area contributed by atoms with Crippen LogP contribution in [0.15, 0.2) is 0 Å².